The molecular weight excluding hydrogens is 376 g/mol. The van der Waals surface area contributed by atoms with Gasteiger partial charge in [0.1, 0.15) is 0 Å². The number of aryl methyl sites for hydroxylation is 1. The molecule has 0 fully saturated rings. The largest absolute Gasteiger partial charge is 0.326 e. The molecule has 0 atom stereocenters. The number of ketones is 1. The van der Waals surface area contributed by atoms with Crippen molar-refractivity contribution in [2.45, 2.75) is 19.8 Å². The smallest absolute Gasteiger partial charge is 0.274 e. The first-order valence-electron chi connectivity index (χ1n) is 7.20. The number of nitro groups is 1. The summed E-state index contributed by atoms with van der Waals surface area (Å²) in [6, 6.07) is 11.4. The lowest BCUT2D eigenvalue weighted by Crippen LogP contribution is -2.13. The molecule has 0 saturated carbocycles. The zero-order valence-electron chi connectivity index (χ0n) is 12.9. The second-order valence-corrected chi connectivity index (χ2v) is 6.15. The average Bonchev–Trinajstić information content (AvgIpc) is 2.55. The van der Waals surface area contributed by atoms with Gasteiger partial charge >= 0.3 is 0 Å². The first kappa shape index (κ1) is 17.8. The second kappa shape index (κ2) is 7.83. The van der Waals surface area contributed by atoms with E-state index >= 15 is 0 Å². The highest BCUT2D eigenvalue weighted by atomic mass is 79.9. The minimum absolute atomic E-state index is 0.0105. The number of hydrogen-bond acceptors (Lipinski definition) is 4. The fourth-order valence-electron chi connectivity index (χ4n) is 2.11. The van der Waals surface area contributed by atoms with Gasteiger partial charge in [-0.2, -0.15) is 0 Å². The van der Waals surface area contributed by atoms with Gasteiger partial charge in [-0.3, -0.25) is 19.7 Å². The third-order valence-corrected chi connectivity index (χ3v) is 3.96. The Balaban J connectivity index is 1.94. The van der Waals surface area contributed by atoms with E-state index in [9.17, 15) is 19.7 Å². The number of nitrogens with zero attached hydrogens (tertiary/aromatic N) is 1. The topological polar surface area (TPSA) is 89.3 Å². The van der Waals surface area contributed by atoms with Crippen LogP contribution < -0.4 is 5.32 Å². The number of Topliss-reactive ketones (excluding diaryl/α,β-unsaturated/α-hetero) is 1. The fourth-order valence-corrected chi connectivity index (χ4v) is 2.38. The van der Waals surface area contributed by atoms with Crippen molar-refractivity contribution >= 4 is 39.0 Å². The number of hydrogen-bond donors (Lipinski definition) is 1. The SMILES string of the molecule is Cc1ccc(NC(=O)CCC(=O)c2ccc(Br)cc2)cc1[N+](=O)[O-]. The van der Waals surface area contributed by atoms with Gasteiger partial charge in [-0.25, -0.2) is 0 Å². The zero-order valence-corrected chi connectivity index (χ0v) is 14.5. The fraction of sp³-hybridized carbons (Fsp3) is 0.176. The number of anilines is 1. The van der Waals surface area contributed by atoms with E-state index in [4.69, 9.17) is 0 Å². The maximum atomic E-state index is 12.0. The van der Waals surface area contributed by atoms with Crippen LogP contribution in [0.2, 0.25) is 0 Å². The Morgan fingerprint density at radius 2 is 1.79 bits per heavy atom. The summed E-state index contributed by atoms with van der Waals surface area (Å²) >= 11 is 3.29. The highest BCUT2D eigenvalue weighted by Crippen LogP contribution is 2.22. The minimum atomic E-state index is -0.498. The maximum Gasteiger partial charge on any atom is 0.274 e. The van der Waals surface area contributed by atoms with Gasteiger partial charge in [0.05, 0.1) is 4.92 Å². The molecule has 0 aromatic heterocycles. The van der Waals surface area contributed by atoms with Crippen molar-refractivity contribution in [1.82, 2.24) is 0 Å². The molecule has 0 unspecified atom stereocenters. The Hall–Kier alpha value is -2.54. The molecule has 124 valence electrons. The number of rotatable bonds is 6. The minimum Gasteiger partial charge on any atom is -0.326 e. The zero-order chi connectivity index (χ0) is 17.7. The van der Waals surface area contributed by atoms with Crippen LogP contribution >= 0.6 is 15.9 Å². The molecule has 0 radical (unpaired) electrons. The quantitative estimate of drug-likeness (QED) is 0.453. The van der Waals surface area contributed by atoms with Crippen molar-refractivity contribution in [3.05, 3.63) is 68.2 Å². The Bertz CT molecular complexity index is 788. The lowest BCUT2D eigenvalue weighted by Gasteiger charge is -2.06. The molecule has 0 heterocycles. The molecule has 1 amide bonds. The van der Waals surface area contributed by atoms with E-state index in [-0.39, 0.29) is 30.2 Å². The predicted molar refractivity (Wildman–Crippen MR) is 94.2 cm³/mol. The third kappa shape index (κ3) is 4.73. The van der Waals surface area contributed by atoms with Crippen LogP contribution in [0.25, 0.3) is 0 Å². The summed E-state index contributed by atoms with van der Waals surface area (Å²) in [6.45, 7) is 1.63. The summed E-state index contributed by atoms with van der Waals surface area (Å²) in [5.74, 6) is -0.494. The van der Waals surface area contributed by atoms with Crippen molar-refractivity contribution in [3.8, 4) is 0 Å². The molecular formula is C17H15BrN2O4. The Kier molecular flexibility index (Phi) is 5.81. The first-order valence-corrected chi connectivity index (χ1v) is 8.00. The summed E-state index contributed by atoms with van der Waals surface area (Å²) in [7, 11) is 0. The van der Waals surface area contributed by atoms with E-state index in [1.165, 1.54) is 6.07 Å². The van der Waals surface area contributed by atoms with Crippen LogP contribution in [-0.4, -0.2) is 16.6 Å². The number of carbonyl (C=O) groups excluding carboxylic acids is 2. The maximum absolute atomic E-state index is 12.0. The molecule has 0 aliphatic carbocycles. The normalized spacial score (nSPS) is 10.2. The Morgan fingerprint density at radius 1 is 1.12 bits per heavy atom. The van der Waals surface area contributed by atoms with Crippen LogP contribution in [0.5, 0.6) is 0 Å². The molecule has 0 bridgehead atoms. The molecule has 24 heavy (non-hydrogen) atoms. The molecule has 0 saturated heterocycles. The van der Waals surface area contributed by atoms with Gasteiger partial charge in [-0.05, 0) is 25.1 Å². The van der Waals surface area contributed by atoms with Crippen molar-refractivity contribution in [2.24, 2.45) is 0 Å². The van der Waals surface area contributed by atoms with Gasteiger partial charge in [0, 0.05) is 40.2 Å². The van der Waals surface area contributed by atoms with E-state index in [1.54, 1.807) is 43.3 Å². The molecule has 6 nitrogen and oxygen atoms in total. The van der Waals surface area contributed by atoms with Crippen molar-refractivity contribution in [2.75, 3.05) is 5.32 Å². The number of carbonyl (C=O) groups is 2. The lowest BCUT2D eigenvalue weighted by molar-refractivity contribution is -0.385. The van der Waals surface area contributed by atoms with Crippen LogP contribution in [0.3, 0.4) is 0 Å². The summed E-state index contributed by atoms with van der Waals surface area (Å²) < 4.78 is 0.873. The van der Waals surface area contributed by atoms with E-state index in [2.05, 4.69) is 21.2 Å². The first-order chi connectivity index (χ1) is 11.4. The highest BCUT2D eigenvalue weighted by molar-refractivity contribution is 9.10. The average molecular weight is 391 g/mol. The third-order valence-electron chi connectivity index (χ3n) is 3.43. The van der Waals surface area contributed by atoms with Gasteiger partial charge in [-0.15, -0.1) is 0 Å². The van der Waals surface area contributed by atoms with Crippen molar-refractivity contribution in [1.29, 1.82) is 0 Å². The van der Waals surface area contributed by atoms with Crippen LogP contribution in [0.1, 0.15) is 28.8 Å². The van der Waals surface area contributed by atoms with Crippen LogP contribution in [-0.2, 0) is 4.79 Å². The molecule has 7 heteroatoms. The molecule has 0 aliphatic heterocycles. The Labute approximate surface area is 147 Å². The second-order valence-electron chi connectivity index (χ2n) is 5.24. The molecule has 0 aliphatic rings. The summed E-state index contributed by atoms with van der Waals surface area (Å²) in [5.41, 5.74) is 1.34. The lowest BCUT2D eigenvalue weighted by atomic mass is 10.1. The van der Waals surface area contributed by atoms with Gasteiger partial charge in [0.15, 0.2) is 5.78 Å². The van der Waals surface area contributed by atoms with Gasteiger partial charge in [-0.1, -0.05) is 34.1 Å². The summed E-state index contributed by atoms with van der Waals surface area (Å²) in [4.78, 5) is 34.3. The molecule has 2 aromatic carbocycles. The van der Waals surface area contributed by atoms with Crippen LogP contribution in [0.4, 0.5) is 11.4 Å². The van der Waals surface area contributed by atoms with Crippen LogP contribution in [0, 0.1) is 17.0 Å². The predicted octanol–water partition coefficient (Wildman–Crippen LogP) is 4.27. The van der Waals surface area contributed by atoms with Crippen LogP contribution in [0.15, 0.2) is 46.9 Å². The monoisotopic (exact) mass is 390 g/mol. The molecule has 0 spiro atoms. The van der Waals surface area contributed by atoms with Gasteiger partial charge in [0.2, 0.25) is 5.91 Å². The van der Waals surface area contributed by atoms with Crippen molar-refractivity contribution < 1.29 is 14.5 Å². The van der Waals surface area contributed by atoms with E-state index in [0.717, 1.165) is 4.47 Å². The van der Waals surface area contributed by atoms with E-state index < -0.39 is 4.92 Å². The molecule has 2 rings (SSSR count). The van der Waals surface area contributed by atoms with Crippen molar-refractivity contribution in [3.63, 3.8) is 0 Å². The summed E-state index contributed by atoms with van der Waals surface area (Å²) in [6.07, 6.45) is 0.0813. The van der Waals surface area contributed by atoms with E-state index in [1.807, 2.05) is 0 Å². The summed E-state index contributed by atoms with van der Waals surface area (Å²) in [5, 5.41) is 13.5. The number of benzene rings is 2. The van der Waals surface area contributed by atoms with Gasteiger partial charge in [0.25, 0.3) is 5.69 Å². The number of amides is 1. The Morgan fingerprint density at radius 3 is 2.42 bits per heavy atom. The number of halogens is 1. The highest BCUT2D eigenvalue weighted by Gasteiger charge is 2.13. The van der Waals surface area contributed by atoms with E-state index in [0.29, 0.717) is 16.8 Å². The number of nitro benzene ring substituents is 1. The number of nitrogens with one attached hydrogen (secondary N) is 1. The standard InChI is InChI=1S/C17H15BrN2O4/c1-11-2-7-14(10-15(11)20(23)24)19-17(22)9-8-16(21)12-3-5-13(18)6-4-12/h2-7,10H,8-9H2,1H3,(H,19,22). The van der Waals surface area contributed by atoms with Gasteiger partial charge < -0.3 is 5.32 Å². The molecule has 1 N–H and O–H groups in total. The molecule has 2 aromatic rings.